The van der Waals surface area contributed by atoms with Crippen LogP contribution in [-0.4, -0.2) is 46.1 Å². The first-order chi connectivity index (χ1) is 9.25. The van der Waals surface area contributed by atoms with Crippen LogP contribution >= 0.6 is 11.3 Å². The lowest BCUT2D eigenvalue weighted by Crippen LogP contribution is -2.42. The summed E-state index contributed by atoms with van der Waals surface area (Å²) in [5, 5.41) is 13.3. The van der Waals surface area contributed by atoms with Crippen molar-refractivity contribution in [3.63, 3.8) is 0 Å². The second kappa shape index (κ2) is 7.15. The number of hydrogen-bond donors (Lipinski definition) is 2. The molecule has 6 heteroatoms. The van der Waals surface area contributed by atoms with Crippen LogP contribution in [0.15, 0.2) is 0 Å². The molecule has 1 rings (SSSR count). The van der Waals surface area contributed by atoms with Crippen molar-refractivity contribution < 1.29 is 9.90 Å². The Kier molecular flexibility index (Phi) is 6.10. The number of anilines is 1. The predicted octanol–water partition coefficient (Wildman–Crippen LogP) is 2.05. The van der Waals surface area contributed by atoms with Crippen LogP contribution in [0.3, 0.4) is 0 Å². The monoisotopic (exact) mass is 299 g/mol. The van der Waals surface area contributed by atoms with Crippen LogP contribution < -0.4 is 5.32 Å². The van der Waals surface area contributed by atoms with Crippen molar-refractivity contribution in [3.05, 3.63) is 10.6 Å². The highest BCUT2D eigenvalue weighted by molar-refractivity contribution is 7.15. The quantitative estimate of drug-likeness (QED) is 0.808. The Morgan fingerprint density at radius 2 is 2.10 bits per heavy atom. The molecule has 0 fully saturated rings. The zero-order valence-corrected chi connectivity index (χ0v) is 13.8. The molecule has 5 nitrogen and oxygen atoms in total. The van der Waals surface area contributed by atoms with E-state index in [1.165, 1.54) is 11.3 Å². The lowest BCUT2D eigenvalue weighted by molar-refractivity contribution is -0.117. The number of amides is 1. The molecule has 2 N–H and O–H groups in total. The van der Waals surface area contributed by atoms with Crippen molar-refractivity contribution in [2.24, 2.45) is 0 Å². The summed E-state index contributed by atoms with van der Waals surface area (Å²) >= 11 is 1.50. The zero-order valence-electron chi connectivity index (χ0n) is 13.0. The number of thiazole rings is 1. The summed E-state index contributed by atoms with van der Waals surface area (Å²) in [6.07, 6.45) is 0.873. The molecule has 0 atom stereocenters. The Balaban J connectivity index is 2.57. The molecule has 0 radical (unpaired) electrons. The van der Waals surface area contributed by atoms with E-state index in [4.69, 9.17) is 0 Å². The van der Waals surface area contributed by atoms with Gasteiger partial charge < -0.3 is 10.4 Å². The van der Waals surface area contributed by atoms with Crippen molar-refractivity contribution in [2.45, 2.75) is 46.6 Å². The Morgan fingerprint density at radius 1 is 1.45 bits per heavy atom. The number of aromatic nitrogens is 1. The molecule has 0 saturated carbocycles. The van der Waals surface area contributed by atoms with Crippen LogP contribution in [0.4, 0.5) is 5.13 Å². The van der Waals surface area contributed by atoms with E-state index < -0.39 is 5.60 Å². The van der Waals surface area contributed by atoms with Gasteiger partial charge in [-0.1, -0.05) is 13.8 Å². The third-order valence-electron chi connectivity index (χ3n) is 2.90. The van der Waals surface area contributed by atoms with E-state index in [9.17, 15) is 9.90 Å². The molecule has 0 aliphatic heterocycles. The van der Waals surface area contributed by atoms with Crippen molar-refractivity contribution in [1.82, 2.24) is 9.88 Å². The predicted molar refractivity (Wildman–Crippen MR) is 83.3 cm³/mol. The standard InChI is InChI=1S/C14H25N3O2S/c1-6-11-10(3)20-13(15-11)16-12(18)8-17(7-2)9-14(4,5)19/h19H,6-9H2,1-5H3,(H,15,16,18). The molecule has 0 spiro atoms. The summed E-state index contributed by atoms with van der Waals surface area (Å²) in [6, 6.07) is 0. The zero-order chi connectivity index (χ0) is 15.3. The maximum Gasteiger partial charge on any atom is 0.240 e. The highest BCUT2D eigenvalue weighted by atomic mass is 32.1. The van der Waals surface area contributed by atoms with Gasteiger partial charge in [-0.05, 0) is 33.7 Å². The fourth-order valence-electron chi connectivity index (χ4n) is 2.00. The van der Waals surface area contributed by atoms with Crippen molar-refractivity contribution in [1.29, 1.82) is 0 Å². The molecule has 1 aromatic heterocycles. The maximum atomic E-state index is 12.0. The number of rotatable bonds is 7. The first-order valence-corrected chi connectivity index (χ1v) is 7.77. The molecule has 0 aliphatic rings. The van der Waals surface area contributed by atoms with E-state index >= 15 is 0 Å². The van der Waals surface area contributed by atoms with Gasteiger partial charge in [0.25, 0.3) is 0 Å². The second-order valence-electron chi connectivity index (χ2n) is 5.54. The van der Waals surface area contributed by atoms with Crippen LogP contribution in [0.25, 0.3) is 0 Å². The summed E-state index contributed by atoms with van der Waals surface area (Å²) in [4.78, 5) is 19.5. The van der Waals surface area contributed by atoms with Crippen LogP contribution in [0.5, 0.6) is 0 Å². The van der Waals surface area contributed by atoms with Gasteiger partial charge in [-0.15, -0.1) is 11.3 Å². The number of hydrogen-bond acceptors (Lipinski definition) is 5. The van der Waals surface area contributed by atoms with Crippen LogP contribution in [0.2, 0.25) is 0 Å². The van der Waals surface area contributed by atoms with Gasteiger partial charge in [-0.25, -0.2) is 4.98 Å². The van der Waals surface area contributed by atoms with E-state index in [1.807, 2.05) is 18.7 Å². The van der Waals surface area contributed by atoms with E-state index in [0.717, 1.165) is 17.0 Å². The van der Waals surface area contributed by atoms with E-state index in [-0.39, 0.29) is 12.5 Å². The molecule has 114 valence electrons. The van der Waals surface area contributed by atoms with Crippen molar-refractivity contribution in [2.75, 3.05) is 25.0 Å². The number of likely N-dealkylation sites (N-methyl/N-ethyl adjacent to an activating group) is 1. The Hall–Kier alpha value is -0.980. The first kappa shape index (κ1) is 17.1. The molecule has 0 unspecified atom stereocenters. The molecule has 1 amide bonds. The number of nitrogens with zero attached hydrogens (tertiary/aromatic N) is 2. The smallest absolute Gasteiger partial charge is 0.240 e. The minimum Gasteiger partial charge on any atom is -0.389 e. The number of aliphatic hydroxyl groups is 1. The maximum absolute atomic E-state index is 12.0. The third kappa shape index (κ3) is 5.56. The van der Waals surface area contributed by atoms with Gasteiger partial charge in [-0.2, -0.15) is 0 Å². The van der Waals surface area contributed by atoms with Crippen molar-refractivity contribution in [3.8, 4) is 0 Å². The number of nitrogens with one attached hydrogen (secondary N) is 1. The van der Waals surface area contributed by atoms with Gasteiger partial charge in [0.05, 0.1) is 17.8 Å². The summed E-state index contributed by atoms with van der Waals surface area (Å²) in [5.41, 5.74) is 0.234. The SMILES string of the molecule is CCc1nc(NC(=O)CN(CC)CC(C)(C)O)sc1C. The largest absolute Gasteiger partial charge is 0.389 e. The average molecular weight is 299 g/mol. The Bertz CT molecular complexity index is 452. The second-order valence-corrected chi connectivity index (χ2v) is 6.74. The lowest BCUT2D eigenvalue weighted by atomic mass is 10.1. The van der Waals surface area contributed by atoms with Crippen LogP contribution in [0, 0.1) is 6.92 Å². The average Bonchev–Trinajstić information content (AvgIpc) is 2.66. The molecule has 20 heavy (non-hydrogen) atoms. The number of carbonyl (C=O) groups is 1. The topological polar surface area (TPSA) is 65.5 Å². The normalized spacial score (nSPS) is 11.9. The summed E-state index contributed by atoms with van der Waals surface area (Å²) < 4.78 is 0. The minimum absolute atomic E-state index is 0.0903. The molecular weight excluding hydrogens is 274 g/mol. The highest BCUT2D eigenvalue weighted by Crippen LogP contribution is 2.22. The van der Waals surface area contributed by atoms with Crippen LogP contribution in [-0.2, 0) is 11.2 Å². The van der Waals surface area contributed by atoms with E-state index in [1.54, 1.807) is 13.8 Å². The number of aryl methyl sites for hydroxylation is 2. The summed E-state index contributed by atoms with van der Waals surface area (Å²) in [7, 11) is 0. The van der Waals surface area contributed by atoms with Crippen LogP contribution in [0.1, 0.15) is 38.3 Å². The van der Waals surface area contributed by atoms with Gasteiger partial charge in [0.2, 0.25) is 5.91 Å². The summed E-state index contributed by atoms with van der Waals surface area (Å²) in [5.74, 6) is -0.0903. The molecular formula is C14H25N3O2S. The molecule has 0 bridgehead atoms. The molecule has 0 aromatic carbocycles. The summed E-state index contributed by atoms with van der Waals surface area (Å²) in [6.45, 7) is 11.0. The molecule has 1 aromatic rings. The van der Waals surface area contributed by atoms with Crippen molar-refractivity contribution >= 4 is 22.4 Å². The van der Waals surface area contributed by atoms with Gasteiger partial charge in [0, 0.05) is 11.4 Å². The fourth-order valence-corrected chi connectivity index (χ4v) is 2.92. The molecule has 0 saturated heterocycles. The van der Waals surface area contributed by atoms with E-state index in [0.29, 0.717) is 18.2 Å². The first-order valence-electron chi connectivity index (χ1n) is 6.96. The molecule has 0 aliphatic carbocycles. The fraction of sp³-hybridized carbons (Fsp3) is 0.714. The third-order valence-corrected chi connectivity index (χ3v) is 3.83. The number of carbonyl (C=O) groups excluding carboxylic acids is 1. The van der Waals surface area contributed by atoms with Gasteiger partial charge in [0.15, 0.2) is 5.13 Å². The molecule has 1 heterocycles. The highest BCUT2D eigenvalue weighted by Gasteiger charge is 2.19. The lowest BCUT2D eigenvalue weighted by Gasteiger charge is -2.27. The van der Waals surface area contributed by atoms with Gasteiger partial charge >= 0.3 is 0 Å². The van der Waals surface area contributed by atoms with Gasteiger partial charge in [0.1, 0.15) is 0 Å². The van der Waals surface area contributed by atoms with Gasteiger partial charge in [-0.3, -0.25) is 9.69 Å². The Morgan fingerprint density at radius 3 is 2.55 bits per heavy atom. The Labute approximate surface area is 125 Å². The van der Waals surface area contributed by atoms with E-state index in [2.05, 4.69) is 17.2 Å². The minimum atomic E-state index is -0.802.